The standard InChI is InChI=1S/C38H26N4/c1-3-9-30-23-32(20-14-25(30)7-1)37-40-36(41-38(42-37)33-21-15-26-8-2-4-10-31(26)24-33)29-18-16-27(17-19-29)34-13-5-11-28-12-6-22-39-35(28)34/h1-4,6-12,14-24H,5,13H2. The molecule has 198 valence electrons. The van der Waals surface area contributed by atoms with Crippen LogP contribution in [0.1, 0.15) is 18.4 Å². The van der Waals surface area contributed by atoms with Crippen molar-refractivity contribution in [2.24, 2.45) is 0 Å². The fraction of sp³-hybridized carbons (Fsp3) is 0.0526. The Morgan fingerprint density at radius 3 is 1.60 bits per heavy atom. The van der Waals surface area contributed by atoms with E-state index in [1.54, 1.807) is 0 Å². The number of rotatable bonds is 4. The Labute approximate surface area is 243 Å². The minimum Gasteiger partial charge on any atom is -0.256 e. The van der Waals surface area contributed by atoms with Crippen LogP contribution in [0.25, 0.3) is 67.4 Å². The molecule has 0 atom stereocenters. The molecule has 0 unspecified atom stereocenters. The van der Waals surface area contributed by atoms with Crippen molar-refractivity contribution in [3.05, 3.63) is 144 Å². The van der Waals surface area contributed by atoms with Crippen molar-refractivity contribution in [1.29, 1.82) is 0 Å². The van der Waals surface area contributed by atoms with Gasteiger partial charge in [-0.15, -0.1) is 0 Å². The molecule has 2 aromatic heterocycles. The van der Waals surface area contributed by atoms with Gasteiger partial charge < -0.3 is 0 Å². The maximum absolute atomic E-state index is 5.00. The van der Waals surface area contributed by atoms with Gasteiger partial charge in [-0.3, -0.25) is 4.98 Å². The highest BCUT2D eigenvalue weighted by Gasteiger charge is 2.14. The molecule has 0 N–H and O–H groups in total. The van der Waals surface area contributed by atoms with Gasteiger partial charge in [-0.05, 0) is 68.9 Å². The topological polar surface area (TPSA) is 51.6 Å². The van der Waals surface area contributed by atoms with E-state index >= 15 is 0 Å². The second-order valence-electron chi connectivity index (χ2n) is 10.7. The van der Waals surface area contributed by atoms with Gasteiger partial charge in [0.15, 0.2) is 17.5 Å². The maximum Gasteiger partial charge on any atom is 0.164 e. The van der Waals surface area contributed by atoms with Crippen LogP contribution in [-0.4, -0.2) is 19.9 Å². The summed E-state index contributed by atoms with van der Waals surface area (Å²) in [6.07, 6.45) is 6.15. The number of hydrogen-bond donors (Lipinski definition) is 0. The van der Waals surface area contributed by atoms with Gasteiger partial charge >= 0.3 is 0 Å². The Morgan fingerprint density at radius 1 is 0.452 bits per heavy atom. The lowest BCUT2D eigenvalue weighted by Crippen LogP contribution is -2.32. The summed E-state index contributed by atoms with van der Waals surface area (Å²) in [4.78, 5) is 19.7. The molecule has 4 nitrogen and oxygen atoms in total. The van der Waals surface area contributed by atoms with Crippen molar-refractivity contribution >= 4 is 33.2 Å². The van der Waals surface area contributed by atoms with E-state index in [0.717, 1.165) is 45.7 Å². The summed E-state index contributed by atoms with van der Waals surface area (Å²) in [6, 6.07) is 42.2. The van der Waals surface area contributed by atoms with E-state index in [0.29, 0.717) is 17.5 Å². The first-order valence-corrected chi connectivity index (χ1v) is 14.3. The fourth-order valence-electron chi connectivity index (χ4n) is 5.85. The molecular weight excluding hydrogens is 512 g/mol. The molecule has 0 spiro atoms. The zero-order valence-corrected chi connectivity index (χ0v) is 22.9. The van der Waals surface area contributed by atoms with Crippen molar-refractivity contribution in [3.8, 4) is 34.2 Å². The third-order valence-electron chi connectivity index (χ3n) is 8.03. The van der Waals surface area contributed by atoms with E-state index in [-0.39, 0.29) is 0 Å². The van der Waals surface area contributed by atoms with Crippen LogP contribution < -0.4 is 10.6 Å². The highest BCUT2D eigenvalue weighted by Crippen LogP contribution is 2.29. The van der Waals surface area contributed by atoms with Crippen molar-refractivity contribution in [1.82, 2.24) is 19.9 Å². The summed E-state index contributed by atoms with van der Waals surface area (Å²) in [6.45, 7) is 0. The van der Waals surface area contributed by atoms with Crippen molar-refractivity contribution in [2.45, 2.75) is 12.8 Å². The second kappa shape index (κ2) is 10.2. The zero-order valence-electron chi connectivity index (χ0n) is 22.9. The lowest BCUT2D eigenvalue weighted by molar-refractivity contribution is 1.04. The molecule has 0 radical (unpaired) electrons. The highest BCUT2D eigenvalue weighted by atomic mass is 15.0. The van der Waals surface area contributed by atoms with E-state index in [1.165, 1.54) is 27.1 Å². The van der Waals surface area contributed by atoms with E-state index in [9.17, 15) is 0 Å². The first kappa shape index (κ1) is 24.3. The molecule has 0 fully saturated rings. The van der Waals surface area contributed by atoms with Gasteiger partial charge in [-0.1, -0.05) is 109 Å². The van der Waals surface area contributed by atoms with Crippen LogP contribution in [0.4, 0.5) is 0 Å². The Balaban J connectivity index is 1.27. The molecule has 1 aliphatic carbocycles. The van der Waals surface area contributed by atoms with Gasteiger partial charge in [0.2, 0.25) is 0 Å². The summed E-state index contributed by atoms with van der Waals surface area (Å²) >= 11 is 0. The number of nitrogens with zero attached hydrogens (tertiary/aromatic N) is 4. The Bertz CT molecular complexity index is 2150. The van der Waals surface area contributed by atoms with Crippen molar-refractivity contribution in [3.63, 3.8) is 0 Å². The molecule has 8 rings (SSSR count). The average molecular weight is 539 g/mol. The van der Waals surface area contributed by atoms with Crippen LogP contribution in [0.2, 0.25) is 0 Å². The molecule has 0 saturated heterocycles. The average Bonchev–Trinajstić information content (AvgIpc) is 3.07. The van der Waals surface area contributed by atoms with Crippen LogP contribution in [0.3, 0.4) is 0 Å². The fourth-order valence-corrected chi connectivity index (χ4v) is 5.85. The van der Waals surface area contributed by atoms with Gasteiger partial charge in [0, 0.05) is 22.9 Å². The zero-order chi connectivity index (χ0) is 27.9. The lowest BCUT2D eigenvalue weighted by Gasteiger charge is -2.12. The molecule has 0 amide bonds. The van der Waals surface area contributed by atoms with Crippen molar-refractivity contribution in [2.75, 3.05) is 0 Å². The van der Waals surface area contributed by atoms with E-state index < -0.39 is 0 Å². The highest BCUT2D eigenvalue weighted by molar-refractivity contribution is 5.88. The predicted molar refractivity (Wildman–Crippen MR) is 171 cm³/mol. The molecule has 5 aromatic carbocycles. The van der Waals surface area contributed by atoms with E-state index in [4.69, 9.17) is 15.0 Å². The molecule has 0 aliphatic heterocycles. The molecule has 1 aliphatic rings. The SMILES string of the molecule is C1=c2cccnc2=C(c2ccc(-c3nc(-c4ccc5ccccc5c4)nc(-c4ccc5ccccc5c4)n3)cc2)CC1. The third kappa shape index (κ3) is 4.43. The van der Waals surface area contributed by atoms with E-state index in [2.05, 4.69) is 126 Å². The molecule has 0 saturated carbocycles. The first-order chi connectivity index (χ1) is 20.8. The molecule has 0 bridgehead atoms. The van der Waals surface area contributed by atoms with Gasteiger partial charge in [-0.25, -0.2) is 15.0 Å². The predicted octanol–water partition coefficient (Wildman–Crippen LogP) is 7.35. The summed E-state index contributed by atoms with van der Waals surface area (Å²) in [5, 5.41) is 6.98. The number of pyridine rings is 1. The normalized spacial score (nSPS) is 12.7. The Hall–Kier alpha value is -5.48. The van der Waals surface area contributed by atoms with E-state index in [1.807, 2.05) is 12.3 Å². The van der Waals surface area contributed by atoms with Crippen LogP contribution in [0.5, 0.6) is 0 Å². The monoisotopic (exact) mass is 538 g/mol. The largest absolute Gasteiger partial charge is 0.256 e. The lowest BCUT2D eigenvalue weighted by atomic mass is 9.95. The molecule has 42 heavy (non-hydrogen) atoms. The summed E-state index contributed by atoms with van der Waals surface area (Å²) in [7, 11) is 0. The second-order valence-corrected chi connectivity index (χ2v) is 10.7. The van der Waals surface area contributed by atoms with Crippen LogP contribution in [0.15, 0.2) is 128 Å². The third-order valence-corrected chi connectivity index (χ3v) is 8.03. The Kier molecular flexibility index (Phi) is 5.89. The van der Waals surface area contributed by atoms with Gasteiger partial charge in [-0.2, -0.15) is 0 Å². The van der Waals surface area contributed by atoms with Crippen molar-refractivity contribution < 1.29 is 0 Å². The van der Waals surface area contributed by atoms with Gasteiger partial charge in [0.25, 0.3) is 0 Å². The molecule has 2 heterocycles. The minimum absolute atomic E-state index is 0.656. The molecule has 7 aromatic rings. The summed E-state index contributed by atoms with van der Waals surface area (Å²) < 4.78 is 0. The van der Waals surface area contributed by atoms with Gasteiger partial charge in [0.05, 0.1) is 5.35 Å². The first-order valence-electron chi connectivity index (χ1n) is 14.3. The summed E-state index contributed by atoms with van der Waals surface area (Å²) in [5.41, 5.74) is 5.35. The number of hydrogen-bond acceptors (Lipinski definition) is 4. The maximum atomic E-state index is 5.00. The van der Waals surface area contributed by atoms with Crippen LogP contribution in [0, 0.1) is 0 Å². The Morgan fingerprint density at radius 2 is 0.976 bits per heavy atom. The van der Waals surface area contributed by atoms with Crippen LogP contribution >= 0.6 is 0 Å². The number of fused-ring (bicyclic) bond motifs is 3. The number of benzene rings is 5. The van der Waals surface area contributed by atoms with Gasteiger partial charge in [0.1, 0.15) is 0 Å². The summed E-state index contributed by atoms with van der Waals surface area (Å²) in [5.74, 6) is 1.98. The van der Waals surface area contributed by atoms with Crippen LogP contribution in [-0.2, 0) is 0 Å². The molecular formula is C38H26N4. The smallest absolute Gasteiger partial charge is 0.164 e. The minimum atomic E-state index is 0.656. The number of aromatic nitrogens is 4. The quantitative estimate of drug-likeness (QED) is 0.235. The molecule has 4 heteroatoms.